The van der Waals surface area contributed by atoms with Crippen molar-refractivity contribution in [1.29, 1.82) is 0 Å². The van der Waals surface area contributed by atoms with Crippen LogP contribution in [-0.2, 0) is 6.54 Å². The maximum Gasteiger partial charge on any atom is 0.134 e. The van der Waals surface area contributed by atoms with Crippen LogP contribution in [0.25, 0.3) is 11.3 Å². The average molecular weight is 345 g/mol. The third kappa shape index (κ3) is 4.37. The van der Waals surface area contributed by atoms with E-state index < -0.39 is 0 Å². The van der Waals surface area contributed by atoms with Crippen LogP contribution in [0.15, 0.2) is 39.2 Å². The van der Waals surface area contributed by atoms with Gasteiger partial charge >= 0.3 is 0 Å². The quantitative estimate of drug-likeness (QED) is 0.777. The minimum Gasteiger partial charge on any atom is -0.460 e. The van der Waals surface area contributed by atoms with Crippen LogP contribution in [0.3, 0.4) is 0 Å². The molecule has 0 atom stereocenters. The van der Waals surface area contributed by atoms with E-state index in [0.717, 1.165) is 41.1 Å². The minimum absolute atomic E-state index is 0. The van der Waals surface area contributed by atoms with Crippen molar-refractivity contribution in [2.45, 2.75) is 26.8 Å². The lowest BCUT2D eigenvalue weighted by molar-refractivity contribution is 0.493. The number of nitrogens with one attached hydrogen (secondary N) is 1. The fourth-order valence-electron chi connectivity index (χ4n) is 1.81. The summed E-state index contributed by atoms with van der Waals surface area (Å²) >= 11 is 3.51. The first kappa shape index (κ1) is 16.3. The molecule has 1 aromatic carbocycles. The lowest BCUT2D eigenvalue weighted by atomic mass is 10.1. The van der Waals surface area contributed by atoms with Gasteiger partial charge in [0.25, 0.3) is 0 Å². The summed E-state index contributed by atoms with van der Waals surface area (Å²) in [5, 5.41) is 3.34. The Morgan fingerprint density at radius 3 is 2.68 bits per heavy atom. The Kier molecular flexibility index (Phi) is 6.63. The highest BCUT2D eigenvalue weighted by atomic mass is 79.9. The molecule has 0 aliphatic carbocycles. The normalized spacial score (nSPS) is 10.3. The van der Waals surface area contributed by atoms with Crippen molar-refractivity contribution in [3.8, 4) is 11.3 Å². The van der Waals surface area contributed by atoms with Crippen LogP contribution in [0, 0.1) is 6.92 Å². The summed E-state index contributed by atoms with van der Waals surface area (Å²) in [5.41, 5.74) is 2.34. The topological polar surface area (TPSA) is 25.2 Å². The summed E-state index contributed by atoms with van der Waals surface area (Å²) in [6, 6.07) is 10.3. The number of rotatable bonds is 5. The van der Waals surface area contributed by atoms with Crippen molar-refractivity contribution in [3.05, 3.63) is 46.1 Å². The van der Waals surface area contributed by atoms with Crippen molar-refractivity contribution in [2.24, 2.45) is 0 Å². The minimum atomic E-state index is 0. The van der Waals surface area contributed by atoms with Gasteiger partial charge in [0.2, 0.25) is 0 Å². The van der Waals surface area contributed by atoms with Gasteiger partial charge in [0.15, 0.2) is 0 Å². The molecule has 0 aliphatic heterocycles. The monoisotopic (exact) mass is 343 g/mol. The third-order valence-electron chi connectivity index (χ3n) is 2.83. The molecule has 1 aromatic heterocycles. The molecule has 19 heavy (non-hydrogen) atoms. The van der Waals surface area contributed by atoms with Crippen LogP contribution in [0.4, 0.5) is 0 Å². The maximum atomic E-state index is 5.83. The number of hydrogen-bond donors (Lipinski definition) is 1. The fourth-order valence-corrected chi connectivity index (χ4v) is 2.06. The Bertz CT molecular complexity index is 525. The molecule has 0 amide bonds. The zero-order chi connectivity index (χ0) is 13.0. The summed E-state index contributed by atoms with van der Waals surface area (Å²) < 4.78 is 6.96. The van der Waals surface area contributed by atoms with Gasteiger partial charge in [-0.25, -0.2) is 0 Å². The number of hydrogen-bond acceptors (Lipinski definition) is 2. The Morgan fingerprint density at radius 1 is 1.21 bits per heavy atom. The molecule has 0 saturated heterocycles. The van der Waals surface area contributed by atoms with E-state index >= 15 is 0 Å². The van der Waals surface area contributed by atoms with Gasteiger partial charge < -0.3 is 9.73 Å². The van der Waals surface area contributed by atoms with E-state index in [1.54, 1.807) is 0 Å². The van der Waals surface area contributed by atoms with Crippen LogP contribution in [0.5, 0.6) is 0 Å². The van der Waals surface area contributed by atoms with Gasteiger partial charge in [-0.3, -0.25) is 0 Å². The highest BCUT2D eigenvalue weighted by molar-refractivity contribution is 9.10. The van der Waals surface area contributed by atoms with Gasteiger partial charge in [0.1, 0.15) is 11.5 Å². The average Bonchev–Trinajstić information content (AvgIpc) is 2.82. The zero-order valence-corrected chi connectivity index (χ0v) is 13.6. The maximum absolute atomic E-state index is 5.83. The van der Waals surface area contributed by atoms with Crippen molar-refractivity contribution >= 4 is 28.3 Å². The summed E-state index contributed by atoms with van der Waals surface area (Å²) in [6.07, 6.45) is 1.14. The van der Waals surface area contributed by atoms with Crippen molar-refractivity contribution < 1.29 is 4.42 Å². The van der Waals surface area contributed by atoms with Crippen LogP contribution < -0.4 is 5.32 Å². The van der Waals surface area contributed by atoms with Gasteiger partial charge in [-0.15, -0.1) is 12.4 Å². The molecule has 4 heteroatoms. The molecule has 0 fully saturated rings. The van der Waals surface area contributed by atoms with E-state index in [0.29, 0.717) is 0 Å². The van der Waals surface area contributed by atoms with Gasteiger partial charge in [-0.05, 0) is 49.7 Å². The zero-order valence-electron chi connectivity index (χ0n) is 11.2. The highest BCUT2D eigenvalue weighted by Crippen LogP contribution is 2.26. The van der Waals surface area contributed by atoms with Crippen molar-refractivity contribution in [1.82, 2.24) is 5.32 Å². The van der Waals surface area contributed by atoms with Gasteiger partial charge in [-0.2, -0.15) is 0 Å². The largest absolute Gasteiger partial charge is 0.460 e. The van der Waals surface area contributed by atoms with E-state index in [-0.39, 0.29) is 12.4 Å². The molecule has 0 unspecified atom stereocenters. The van der Waals surface area contributed by atoms with E-state index in [1.807, 2.05) is 12.1 Å². The first-order chi connectivity index (χ1) is 8.70. The molecule has 0 bridgehead atoms. The molecule has 2 nitrogen and oxygen atoms in total. The molecule has 0 radical (unpaired) electrons. The van der Waals surface area contributed by atoms with E-state index in [9.17, 15) is 0 Å². The van der Waals surface area contributed by atoms with Crippen LogP contribution in [0.2, 0.25) is 0 Å². The van der Waals surface area contributed by atoms with Gasteiger partial charge in [0, 0.05) is 10.0 Å². The van der Waals surface area contributed by atoms with E-state index in [4.69, 9.17) is 4.42 Å². The molecule has 1 N–H and O–H groups in total. The molecule has 1 heterocycles. The predicted octanol–water partition coefficient (Wildman–Crippen LogP) is 4.94. The Hall–Kier alpha value is -0.770. The predicted molar refractivity (Wildman–Crippen MR) is 85.8 cm³/mol. The van der Waals surface area contributed by atoms with Crippen LogP contribution in [0.1, 0.15) is 24.7 Å². The lowest BCUT2D eigenvalue weighted by Gasteiger charge is -2.02. The summed E-state index contributed by atoms with van der Waals surface area (Å²) in [4.78, 5) is 0. The first-order valence-corrected chi connectivity index (χ1v) is 7.06. The van der Waals surface area contributed by atoms with Crippen LogP contribution >= 0.6 is 28.3 Å². The summed E-state index contributed by atoms with van der Waals surface area (Å²) in [7, 11) is 0. The second-order valence-corrected chi connectivity index (χ2v) is 5.26. The standard InChI is InChI=1S/C15H18BrNO.ClH/c1-3-8-17-10-13-5-7-15(18-13)12-4-6-14(16)11(2)9-12;/h4-7,9,17H,3,8,10H2,1-2H3;1H. The van der Waals surface area contributed by atoms with Gasteiger partial charge in [0.05, 0.1) is 6.54 Å². The molecule has 2 aromatic rings. The van der Waals surface area contributed by atoms with Crippen LogP contribution in [-0.4, -0.2) is 6.54 Å². The molecule has 0 spiro atoms. The number of benzene rings is 1. The molecule has 2 rings (SSSR count). The summed E-state index contributed by atoms with van der Waals surface area (Å²) in [5.74, 6) is 1.91. The van der Waals surface area contributed by atoms with Crippen molar-refractivity contribution in [3.63, 3.8) is 0 Å². The lowest BCUT2D eigenvalue weighted by Crippen LogP contribution is -2.12. The Morgan fingerprint density at radius 2 is 2.00 bits per heavy atom. The molecule has 0 aliphatic rings. The summed E-state index contributed by atoms with van der Waals surface area (Å²) in [6.45, 7) is 6.06. The Balaban J connectivity index is 0.00000180. The molecular formula is C15H19BrClNO. The fraction of sp³-hybridized carbons (Fsp3) is 0.333. The Labute approximate surface area is 129 Å². The number of furan rings is 1. The van der Waals surface area contributed by atoms with Gasteiger partial charge in [-0.1, -0.05) is 28.9 Å². The molecule has 104 valence electrons. The SMILES string of the molecule is CCCNCc1ccc(-c2ccc(Br)c(C)c2)o1.Cl. The van der Waals surface area contributed by atoms with E-state index in [1.165, 1.54) is 5.56 Å². The molecular weight excluding hydrogens is 326 g/mol. The number of halogens is 2. The molecule has 0 saturated carbocycles. The van der Waals surface area contributed by atoms with E-state index in [2.05, 4.69) is 53.3 Å². The first-order valence-electron chi connectivity index (χ1n) is 6.26. The smallest absolute Gasteiger partial charge is 0.134 e. The second-order valence-electron chi connectivity index (χ2n) is 4.41. The third-order valence-corrected chi connectivity index (χ3v) is 3.72. The van der Waals surface area contributed by atoms with Crippen molar-refractivity contribution in [2.75, 3.05) is 6.54 Å². The second kappa shape index (κ2) is 7.73. The highest BCUT2D eigenvalue weighted by Gasteiger charge is 2.05. The number of aryl methyl sites for hydroxylation is 1.